The van der Waals surface area contributed by atoms with Crippen LogP contribution >= 0.6 is 0 Å². The summed E-state index contributed by atoms with van der Waals surface area (Å²) in [6, 6.07) is 0. The molecule has 0 atom stereocenters. The summed E-state index contributed by atoms with van der Waals surface area (Å²) < 4.78 is 0. The van der Waals surface area contributed by atoms with Gasteiger partial charge in [-0.2, -0.15) is 0 Å². The van der Waals surface area contributed by atoms with Crippen molar-refractivity contribution in [1.29, 1.82) is 0 Å². The predicted octanol–water partition coefficient (Wildman–Crippen LogP) is -7.07. The Balaban J connectivity index is -0.0000000300. The summed E-state index contributed by atoms with van der Waals surface area (Å²) in [5, 5.41) is 25.6. The fourth-order valence-electron chi connectivity index (χ4n) is 0. The first-order valence-electron chi connectivity index (χ1n) is 1.52. The minimum atomic E-state index is -2.33. The Bertz CT molecular complexity index is 74.9. The average molecular weight is 214 g/mol. The number of rotatable bonds is 0. The number of carboxylic acid groups (broad SMARTS) is 3. The van der Waals surface area contributed by atoms with Crippen molar-refractivity contribution >= 4 is 57.6 Å². The normalized spacial score (nSPS) is 4.90. The molecule has 0 aromatic carbocycles. The second-order valence-electron chi connectivity index (χ2n) is 0.742. The molecule has 0 fully saturated rings. The van der Waals surface area contributed by atoms with Gasteiger partial charge < -0.3 is 24.9 Å². The van der Waals surface area contributed by atoms with E-state index in [4.69, 9.17) is 24.9 Å². The first kappa shape index (κ1) is 22.4. The van der Waals surface area contributed by atoms with E-state index in [0.29, 0.717) is 0 Å². The van der Waals surface area contributed by atoms with Gasteiger partial charge in [-0.3, -0.25) is 0 Å². The van der Waals surface area contributed by atoms with Crippen LogP contribution in [0.3, 0.4) is 0 Å². The number of aliphatic carboxylic acids is 1. The zero-order chi connectivity index (χ0) is 7.15. The van der Waals surface area contributed by atoms with Crippen LogP contribution < -0.4 is 34.2 Å². The summed E-state index contributed by atoms with van der Waals surface area (Å²) in [4.78, 5) is 17.2. The van der Waals surface area contributed by atoms with Crippen LogP contribution in [0.15, 0.2) is 0 Å². The number of carbonyl (C=O) groups excluding carboxylic acids is 2. The fourth-order valence-corrected chi connectivity index (χ4v) is 0. The molecule has 0 unspecified atom stereocenters. The van der Waals surface area contributed by atoms with Crippen LogP contribution in [0.1, 0.15) is 6.92 Å². The van der Waals surface area contributed by atoms with Crippen molar-refractivity contribution in [3.05, 3.63) is 0 Å². The van der Waals surface area contributed by atoms with Gasteiger partial charge >= 0.3 is 64.3 Å². The van der Waals surface area contributed by atoms with E-state index in [0.717, 1.165) is 6.92 Å². The van der Waals surface area contributed by atoms with E-state index in [1.54, 1.807) is 0 Å². The van der Waals surface area contributed by atoms with Gasteiger partial charge in [-0.05, 0) is 13.1 Å². The van der Waals surface area contributed by atoms with Crippen LogP contribution in [-0.4, -0.2) is 57.6 Å². The standard InChI is InChI=1S/C2H4O2.CH2O3.Li.Sr/c1-2(3)4;2-1(3)4;;/h1H3,(H,3,4);(H2,2,3,4);;/q;;+1;+2/p-3. The number of carboxylic acids is 1. The summed E-state index contributed by atoms with van der Waals surface area (Å²) in [6.07, 6.45) is -2.33. The molecule has 0 aromatic heterocycles. The first-order valence-corrected chi connectivity index (χ1v) is 1.52. The van der Waals surface area contributed by atoms with E-state index in [9.17, 15) is 0 Å². The van der Waals surface area contributed by atoms with Crippen LogP contribution in [-0.2, 0) is 4.79 Å². The van der Waals surface area contributed by atoms with Crippen molar-refractivity contribution in [3.8, 4) is 0 Å². The molecule has 0 N–H and O–H groups in total. The van der Waals surface area contributed by atoms with Crippen LogP contribution in [0.5, 0.6) is 0 Å². The quantitative estimate of drug-likeness (QED) is 0.372. The zero-order valence-corrected chi connectivity index (χ0v) is 9.22. The average Bonchev–Trinajstić information content (AvgIpc) is 1.25. The molecule has 0 aliphatic rings. The Morgan fingerprint density at radius 3 is 1.10 bits per heavy atom. The van der Waals surface area contributed by atoms with E-state index in [1.807, 2.05) is 0 Å². The number of hydrogen-bond acceptors (Lipinski definition) is 5. The van der Waals surface area contributed by atoms with Crippen molar-refractivity contribution < 1.29 is 43.8 Å². The van der Waals surface area contributed by atoms with Crippen molar-refractivity contribution in [1.82, 2.24) is 0 Å². The Kier molecular flexibility index (Phi) is 36.8. The smallest absolute Gasteiger partial charge is 0.652 e. The molecular weight excluding hydrogens is 211 g/mol. The molecule has 0 saturated carbocycles. The largest absolute Gasteiger partial charge is 2.00 e. The van der Waals surface area contributed by atoms with Crippen molar-refractivity contribution in [2.45, 2.75) is 6.92 Å². The molecule has 7 heteroatoms. The van der Waals surface area contributed by atoms with Gasteiger partial charge in [-0.15, -0.1) is 0 Å². The van der Waals surface area contributed by atoms with E-state index in [-0.39, 0.29) is 64.3 Å². The maximum absolute atomic E-state index is 8.89. The van der Waals surface area contributed by atoms with Gasteiger partial charge in [-0.25, -0.2) is 0 Å². The molecule has 0 heterocycles. The molecule has 0 radical (unpaired) electrons. The molecule has 0 aromatic rings. The van der Waals surface area contributed by atoms with Crippen molar-refractivity contribution in [3.63, 3.8) is 0 Å². The molecule has 0 bridgehead atoms. The number of carbonyl (C=O) groups is 2. The van der Waals surface area contributed by atoms with Gasteiger partial charge in [0.25, 0.3) is 0 Å². The molecule has 0 saturated heterocycles. The van der Waals surface area contributed by atoms with E-state index >= 15 is 0 Å². The van der Waals surface area contributed by atoms with E-state index < -0.39 is 12.1 Å². The monoisotopic (exact) mass is 214 g/mol. The molecule has 10 heavy (non-hydrogen) atoms. The zero-order valence-electron chi connectivity index (χ0n) is 5.75. The van der Waals surface area contributed by atoms with E-state index in [2.05, 4.69) is 0 Å². The second kappa shape index (κ2) is 16.4. The third-order valence-electron chi connectivity index (χ3n) is 0. The molecule has 0 rings (SSSR count). The van der Waals surface area contributed by atoms with Gasteiger partial charge in [0.1, 0.15) is 0 Å². The van der Waals surface area contributed by atoms with Gasteiger partial charge in [0.15, 0.2) is 0 Å². The Morgan fingerprint density at radius 2 is 1.10 bits per heavy atom. The third-order valence-corrected chi connectivity index (χ3v) is 0. The van der Waals surface area contributed by atoms with Gasteiger partial charge in [-0.1, -0.05) is 0 Å². The summed E-state index contributed by atoms with van der Waals surface area (Å²) in [6.45, 7) is 0.972. The second-order valence-corrected chi connectivity index (χ2v) is 0.742. The van der Waals surface area contributed by atoms with Crippen LogP contribution in [0.2, 0.25) is 0 Å². The molecule has 0 aliphatic heterocycles. The van der Waals surface area contributed by atoms with Crippen molar-refractivity contribution in [2.24, 2.45) is 0 Å². The van der Waals surface area contributed by atoms with Gasteiger partial charge in [0.2, 0.25) is 0 Å². The Hall–Kier alpha value is 0.818. The minimum Gasteiger partial charge on any atom is -0.652 e. The van der Waals surface area contributed by atoms with Gasteiger partial charge in [0, 0.05) is 5.97 Å². The maximum atomic E-state index is 8.89. The molecule has 5 nitrogen and oxygen atoms in total. The third kappa shape index (κ3) is 806. The van der Waals surface area contributed by atoms with Crippen LogP contribution in [0, 0.1) is 0 Å². The predicted molar refractivity (Wildman–Crippen MR) is 21.8 cm³/mol. The number of hydrogen-bond donors (Lipinski definition) is 0. The molecule has 0 aliphatic carbocycles. The molecule has 48 valence electrons. The molecule has 0 amide bonds. The Morgan fingerprint density at radius 1 is 1.10 bits per heavy atom. The van der Waals surface area contributed by atoms with Crippen LogP contribution in [0.4, 0.5) is 4.79 Å². The van der Waals surface area contributed by atoms with E-state index in [1.165, 1.54) is 0 Å². The first-order chi connectivity index (χ1) is 3.46. The summed E-state index contributed by atoms with van der Waals surface area (Å²) in [7, 11) is 0. The van der Waals surface area contributed by atoms with Crippen LogP contribution in [0.25, 0.3) is 0 Å². The Labute approximate surface area is 107 Å². The summed E-state index contributed by atoms with van der Waals surface area (Å²) in [5.41, 5.74) is 0. The maximum Gasteiger partial charge on any atom is 2.00 e. The fraction of sp³-hybridized carbons (Fsp3) is 0.333. The minimum absolute atomic E-state index is 0. The summed E-state index contributed by atoms with van der Waals surface area (Å²) >= 11 is 0. The SMILES string of the molecule is CC(=O)[O-].O=C([O-])[O-].[Li+].[Sr+2]. The van der Waals surface area contributed by atoms with Gasteiger partial charge in [0.05, 0.1) is 0 Å². The molecular formula is C3H3LiO5Sr. The molecule has 0 spiro atoms. The topological polar surface area (TPSA) is 103 Å². The summed E-state index contributed by atoms with van der Waals surface area (Å²) in [5.74, 6) is -1.08. The van der Waals surface area contributed by atoms with Crippen molar-refractivity contribution in [2.75, 3.05) is 0 Å².